The number of nitrogens with one attached hydrogen (secondary N) is 1. The van der Waals surface area contributed by atoms with Crippen LogP contribution in [0.1, 0.15) is 12.5 Å². The molecule has 1 N–H and O–H groups in total. The first-order chi connectivity index (χ1) is 9.65. The molecule has 0 radical (unpaired) electrons. The lowest BCUT2D eigenvalue weighted by atomic mass is 10.0. The van der Waals surface area contributed by atoms with Gasteiger partial charge in [-0.25, -0.2) is 0 Å². The third-order valence-corrected chi connectivity index (χ3v) is 3.48. The predicted octanol–water partition coefficient (Wildman–Crippen LogP) is 1.68. The van der Waals surface area contributed by atoms with E-state index in [0.29, 0.717) is 18.8 Å². The van der Waals surface area contributed by atoms with Gasteiger partial charge in [0.25, 0.3) is 5.56 Å². The quantitative estimate of drug-likeness (QED) is 0.673. The Hall–Kier alpha value is -1.93. The first-order valence-electron chi connectivity index (χ1n) is 6.33. The lowest BCUT2D eigenvalue weighted by molar-refractivity contribution is -0.107. The van der Waals surface area contributed by atoms with Crippen LogP contribution in [0.25, 0.3) is 11.1 Å². The van der Waals surface area contributed by atoms with E-state index >= 15 is 0 Å². The maximum absolute atomic E-state index is 11.4. The molecule has 1 aromatic carbocycles. The van der Waals surface area contributed by atoms with E-state index in [4.69, 9.17) is 4.74 Å². The van der Waals surface area contributed by atoms with Gasteiger partial charge in [0.15, 0.2) is 0 Å². The number of rotatable bonds is 5. The van der Waals surface area contributed by atoms with Crippen molar-refractivity contribution >= 4 is 20.8 Å². The lowest BCUT2D eigenvalue weighted by Crippen LogP contribution is -2.07. The number of carbonyl (C=O) groups is 1. The molecule has 1 heterocycles. The number of aldehydes is 1. The van der Waals surface area contributed by atoms with Crippen LogP contribution in [-0.2, 0) is 11.2 Å². The van der Waals surface area contributed by atoms with E-state index < -0.39 is 0 Å². The first-order valence-corrected chi connectivity index (χ1v) is 6.91. The Morgan fingerprint density at radius 3 is 2.80 bits per heavy atom. The summed E-state index contributed by atoms with van der Waals surface area (Å²) in [5.74, 6) is 0.559. The number of benzene rings is 1. The molecule has 0 fully saturated rings. The molecule has 0 bridgehead atoms. The summed E-state index contributed by atoms with van der Waals surface area (Å²) in [6, 6.07) is 7.23. The molecule has 0 spiro atoms. The molecule has 20 heavy (non-hydrogen) atoms. The molecule has 5 heteroatoms. The number of aromatic nitrogens is 1. The summed E-state index contributed by atoms with van der Waals surface area (Å²) in [6.07, 6.45) is 2.92. The highest BCUT2D eigenvalue weighted by Crippen LogP contribution is 2.28. The van der Waals surface area contributed by atoms with Gasteiger partial charge < -0.3 is 14.5 Å². The van der Waals surface area contributed by atoms with Gasteiger partial charge in [-0.1, -0.05) is 12.1 Å². The summed E-state index contributed by atoms with van der Waals surface area (Å²) in [4.78, 5) is 24.6. The highest BCUT2D eigenvalue weighted by molar-refractivity contribution is 7.27. The number of pyridine rings is 1. The Kier molecular flexibility index (Phi) is 4.70. The molecule has 1 aromatic heterocycles. The summed E-state index contributed by atoms with van der Waals surface area (Å²) in [7, 11) is 2.63. The predicted molar refractivity (Wildman–Crippen MR) is 82.8 cm³/mol. The molecule has 0 aliphatic carbocycles. The fourth-order valence-electron chi connectivity index (χ4n) is 1.99. The molecule has 0 amide bonds. The number of carbonyl (C=O) groups excluding carboxylic acids is 1. The molecular weight excluding hydrogens is 273 g/mol. The van der Waals surface area contributed by atoms with E-state index in [-0.39, 0.29) is 5.56 Å². The third-order valence-electron chi connectivity index (χ3n) is 2.95. The topological polar surface area (TPSA) is 59.2 Å². The number of aromatic amines is 1. The first kappa shape index (κ1) is 14.5. The van der Waals surface area contributed by atoms with Crippen molar-refractivity contribution in [3.8, 4) is 16.9 Å². The number of ether oxygens (including phenoxy) is 1. The molecular formula is C15H16NO3P. The monoisotopic (exact) mass is 289 g/mol. The van der Waals surface area contributed by atoms with Crippen molar-refractivity contribution in [2.75, 3.05) is 6.61 Å². The molecule has 2 aromatic rings. The van der Waals surface area contributed by atoms with Gasteiger partial charge in [-0.05, 0) is 29.4 Å². The second-order valence-corrected chi connectivity index (χ2v) is 4.91. The Bertz CT molecular complexity index is 679. The van der Waals surface area contributed by atoms with Gasteiger partial charge in [0, 0.05) is 24.2 Å². The normalized spacial score (nSPS) is 10.3. The van der Waals surface area contributed by atoms with Crippen molar-refractivity contribution in [1.29, 1.82) is 0 Å². The summed E-state index contributed by atoms with van der Waals surface area (Å²) in [6.45, 7) is 2.37. The second-order valence-electron chi connectivity index (χ2n) is 4.29. The molecule has 1 unspecified atom stereocenters. The van der Waals surface area contributed by atoms with Gasteiger partial charge >= 0.3 is 0 Å². The highest BCUT2D eigenvalue weighted by atomic mass is 31.0. The van der Waals surface area contributed by atoms with E-state index in [1.807, 2.05) is 25.1 Å². The van der Waals surface area contributed by atoms with Crippen molar-refractivity contribution in [3.05, 3.63) is 46.4 Å². The zero-order valence-corrected chi connectivity index (χ0v) is 12.3. The van der Waals surface area contributed by atoms with Crippen molar-refractivity contribution in [1.82, 2.24) is 4.98 Å². The number of hydrogen-bond donors (Lipinski definition) is 1. The van der Waals surface area contributed by atoms with Crippen molar-refractivity contribution in [2.45, 2.75) is 13.3 Å². The van der Waals surface area contributed by atoms with E-state index in [0.717, 1.165) is 28.3 Å². The Morgan fingerprint density at radius 1 is 1.35 bits per heavy atom. The van der Waals surface area contributed by atoms with E-state index in [2.05, 4.69) is 14.2 Å². The average molecular weight is 289 g/mol. The van der Waals surface area contributed by atoms with E-state index in [1.54, 1.807) is 6.20 Å². The SMILES string of the molecule is CCOc1cc(=O)[nH]cc1-c1ccc(CC=O)c(P)c1. The van der Waals surface area contributed by atoms with Crippen LogP contribution in [0.3, 0.4) is 0 Å². The van der Waals surface area contributed by atoms with Crippen LogP contribution in [0, 0.1) is 0 Å². The van der Waals surface area contributed by atoms with Gasteiger partial charge in [-0.2, -0.15) is 0 Å². The van der Waals surface area contributed by atoms with Crippen LogP contribution in [0.5, 0.6) is 5.75 Å². The summed E-state index contributed by atoms with van der Waals surface area (Å²) < 4.78 is 5.51. The molecule has 1 atom stereocenters. The molecule has 0 aliphatic heterocycles. The fraction of sp³-hybridized carbons (Fsp3) is 0.200. The van der Waals surface area contributed by atoms with Gasteiger partial charge in [0.1, 0.15) is 12.0 Å². The Balaban J connectivity index is 2.48. The second kappa shape index (κ2) is 6.49. The molecule has 4 nitrogen and oxygen atoms in total. The van der Waals surface area contributed by atoms with Gasteiger partial charge in [-0.15, -0.1) is 9.24 Å². The average Bonchev–Trinajstić information content (AvgIpc) is 2.42. The van der Waals surface area contributed by atoms with Crippen LogP contribution < -0.4 is 15.6 Å². The molecule has 104 valence electrons. The zero-order valence-electron chi connectivity index (χ0n) is 11.2. The largest absolute Gasteiger partial charge is 0.493 e. The lowest BCUT2D eigenvalue weighted by Gasteiger charge is -2.11. The number of H-pyrrole nitrogens is 1. The minimum atomic E-state index is -0.194. The van der Waals surface area contributed by atoms with Gasteiger partial charge in [0.05, 0.1) is 6.61 Å². The zero-order chi connectivity index (χ0) is 14.5. The summed E-state index contributed by atoms with van der Waals surface area (Å²) in [5.41, 5.74) is 2.54. The van der Waals surface area contributed by atoms with E-state index in [9.17, 15) is 9.59 Å². The standard InChI is InChI=1S/C15H16NO3P/c1-2-19-13-8-15(18)16-9-12(13)11-4-3-10(5-6-17)14(20)7-11/h3-4,6-9H,2,5,20H2,1H3,(H,16,18). The van der Waals surface area contributed by atoms with Crippen molar-refractivity contribution in [3.63, 3.8) is 0 Å². The van der Waals surface area contributed by atoms with E-state index in [1.165, 1.54) is 6.07 Å². The highest BCUT2D eigenvalue weighted by Gasteiger charge is 2.09. The molecule has 0 saturated carbocycles. The van der Waals surface area contributed by atoms with Crippen LogP contribution in [0.2, 0.25) is 0 Å². The molecule has 2 rings (SSSR count). The summed E-state index contributed by atoms with van der Waals surface area (Å²) >= 11 is 0. The summed E-state index contributed by atoms with van der Waals surface area (Å²) in [5, 5.41) is 0.961. The van der Waals surface area contributed by atoms with Crippen molar-refractivity contribution in [2.24, 2.45) is 0 Å². The minimum Gasteiger partial charge on any atom is -0.493 e. The smallest absolute Gasteiger partial charge is 0.251 e. The Morgan fingerprint density at radius 2 is 2.15 bits per heavy atom. The van der Waals surface area contributed by atoms with Crippen molar-refractivity contribution < 1.29 is 9.53 Å². The number of hydrogen-bond acceptors (Lipinski definition) is 3. The van der Waals surface area contributed by atoms with Crippen LogP contribution in [0.4, 0.5) is 0 Å². The minimum absolute atomic E-state index is 0.194. The molecule has 0 saturated heterocycles. The third kappa shape index (κ3) is 3.14. The van der Waals surface area contributed by atoms with Crippen LogP contribution in [0.15, 0.2) is 35.3 Å². The maximum Gasteiger partial charge on any atom is 0.251 e. The van der Waals surface area contributed by atoms with Gasteiger partial charge in [0.2, 0.25) is 0 Å². The Labute approximate surface area is 119 Å². The van der Waals surface area contributed by atoms with Crippen LogP contribution in [-0.4, -0.2) is 17.9 Å². The molecule has 0 aliphatic rings. The maximum atomic E-state index is 11.4. The van der Waals surface area contributed by atoms with Gasteiger partial charge in [-0.3, -0.25) is 4.79 Å². The van der Waals surface area contributed by atoms with Crippen LogP contribution >= 0.6 is 9.24 Å². The fourth-order valence-corrected chi connectivity index (χ4v) is 2.39.